The molecule has 0 aromatic carbocycles. The maximum Gasteiger partial charge on any atom is 0.218 e. The maximum atomic E-state index is 10.1. The molecule has 10 heavy (non-hydrogen) atoms. The quantitative estimate of drug-likeness (QED) is 0.330. The highest BCUT2D eigenvalue weighted by molar-refractivity contribution is 14.1. The SMILES string of the molecule is CCCNCCN(I)C=O. The second-order valence-electron chi connectivity index (χ2n) is 1.98. The molecule has 0 aromatic rings. The smallest absolute Gasteiger partial charge is 0.218 e. The lowest BCUT2D eigenvalue weighted by molar-refractivity contribution is -0.112. The molecule has 0 atom stereocenters. The van der Waals surface area contributed by atoms with Crippen LogP contribution in [0.25, 0.3) is 0 Å². The van der Waals surface area contributed by atoms with Crippen LogP contribution < -0.4 is 5.32 Å². The van der Waals surface area contributed by atoms with Crippen LogP contribution in [0, 0.1) is 0 Å². The van der Waals surface area contributed by atoms with E-state index in [0.717, 1.165) is 32.5 Å². The zero-order chi connectivity index (χ0) is 7.82. The minimum Gasteiger partial charge on any atom is -0.315 e. The highest BCUT2D eigenvalue weighted by atomic mass is 127. The molecule has 0 unspecified atom stereocenters. The number of halogens is 1. The first-order chi connectivity index (χ1) is 4.81. The first-order valence-corrected chi connectivity index (χ1v) is 4.36. The zero-order valence-corrected chi connectivity index (χ0v) is 8.30. The third-order valence-electron chi connectivity index (χ3n) is 1.04. The van der Waals surface area contributed by atoms with Crippen molar-refractivity contribution in [3.63, 3.8) is 0 Å². The summed E-state index contributed by atoms with van der Waals surface area (Å²) in [5.74, 6) is 0. The molecule has 4 heteroatoms. The van der Waals surface area contributed by atoms with Crippen molar-refractivity contribution in [2.75, 3.05) is 19.6 Å². The van der Waals surface area contributed by atoms with Gasteiger partial charge < -0.3 is 5.32 Å². The molecule has 1 amide bonds. The van der Waals surface area contributed by atoms with Gasteiger partial charge in [0.15, 0.2) is 0 Å². The van der Waals surface area contributed by atoms with Crippen LogP contribution in [0.4, 0.5) is 0 Å². The first kappa shape index (κ1) is 10.2. The third kappa shape index (κ3) is 6.28. The molecule has 0 aliphatic rings. The van der Waals surface area contributed by atoms with E-state index >= 15 is 0 Å². The van der Waals surface area contributed by atoms with Gasteiger partial charge in [-0.2, -0.15) is 0 Å². The van der Waals surface area contributed by atoms with Crippen LogP contribution >= 0.6 is 22.9 Å². The van der Waals surface area contributed by atoms with Gasteiger partial charge in [-0.25, -0.2) is 0 Å². The Morgan fingerprint density at radius 2 is 2.30 bits per heavy atom. The van der Waals surface area contributed by atoms with Gasteiger partial charge in [0, 0.05) is 13.1 Å². The van der Waals surface area contributed by atoms with Crippen molar-refractivity contribution in [3.05, 3.63) is 0 Å². The summed E-state index contributed by atoms with van der Waals surface area (Å²) in [6.07, 6.45) is 1.97. The van der Waals surface area contributed by atoms with E-state index in [1.807, 2.05) is 22.9 Å². The minimum atomic E-state index is 0.782. The number of nitrogens with one attached hydrogen (secondary N) is 1. The monoisotopic (exact) mass is 256 g/mol. The molecule has 3 nitrogen and oxygen atoms in total. The number of nitrogens with zero attached hydrogens (tertiary/aromatic N) is 1. The summed E-state index contributed by atoms with van der Waals surface area (Å²) in [5, 5.41) is 3.19. The van der Waals surface area contributed by atoms with E-state index in [9.17, 15) is 4.79 Å². The van der Waals surface area contributed by atoms with Crippen LogP contribution in [0.15, 0.2) is 0 Å². The van der Waals surface area contributed by atoms with E-state index in [2.05, 4.69) is 12.2 Å². The third-order valence-corrected chi connectivity index (χ3v) is 1.75. The zero-order valence-electron chi connectivity index (χ0n) is 6.14. The van der Waals surface area contributed by atoms with Crippen LogP contribution in [0.1, 0.15) is 13.3 Å². The lowest BCUT2D eigenvalue weighted by Crippen LogP contribution is -2.25. The van der Waals surface area contributed by atoms with Crippen molar-refractivity contribution in [3.8, 4) is 0 Å². The van der Waals surface area contributed by atoms with E-state index < -0.39 is 0 Å². The van der Waals surface area contributed by atoms with Gasteiger partial charge in [0.25, 0.3) is 0 Å². The largest absolute Gasteiger partial charge is 0.315 e. The van der Waals surface area contributed by atoms with Gasteiger partial charge in [0.2, 0.25) is 6.41 Å². The van der Waals surface area contributed by atoms with Gasteiger partial charge in [0.05, 0.1) is 22.9 Å². The van der Waals surface area contributed by atoms with E-state index in [4.69, 9.17) is 0 Å². The maximum absolute atomic E-state index is 10.1. The predicted octanol–water partition coefficient (Wildman–Crippen LogP) is 0.794. The van der Waals surface area contributed by atoms with Crippen molar-refractivity contribution in [1.82, 2.24) is 8.43 Å². The molecule has 1 N–H and O–H groups in total. The highest BCUT2D eigenvalue weighted by Gasteiger charge is 1.92. The van der Waals surface area contributed by atoms with Crippen LogP contribution in [-0.4, -0.2) is 29.2 Å². The second kappa shape index (κ2) is 7.27. The Hall–Kier alpha value is 0.160. The summed E-state index contributed by atoms with van der Waals surface area (Å²) in [4.78, 5) is 10.1. The van der Waals surface area contributed by atoms with E-state index in [0.29, 0.717) is 0 Å². The average molecular weight is 256 g/mol. The second-order valence-corrected chi connectivity index (χ2v) is 3.22. The van der Waals surface area contributed by atoms with Crippen LogP contribution in [0.5, 0.6) is 0 Å². The van der Waals surface area contributed by atoms with Crippen molar-refractivity contribution >= 4 is 29.3 Å². The van der Waals surface area contributed by atoms with Gasteiger partial charge in [-0.3, -0.25) is 7.91 Å². The number of hydrogen-bond acceptors (Lipinski definition) is 2. The number of rotatable bonds is 6. The Morgan fingerprint density at radius 1 is 1.60 bits per heavy atom. The van der Waals surface area contributed by atoms with Gasteiger partial charge in [-0.1, -0.05) is 6.92 Å². The predicted molar refractivity (Wildman–Crippen MR) is 50.0 cm³/mol. The van der Waals surface area contributed by atoms with Gasteiger partial charge in [0.1, 0.15) is 0 Å². The summed E-state index contributed by atoms with van der Waals surface area (Å²) >= 11 is 1.98. The molecule has 0 aliphatic carbocycles. The molecule has 0 aromatic heterocycles. The topological polar surface area (TPSA) is 32.3 Å². The molecule has 0 heterocycles. The molecule has 0 saturated heterocycles. The summed E-state index contributed by atoms with van der Waals surface area (Å²) in [7, 11) is 0. The molecule has 0 aliphatic heterocycles. The summed E-state index contributed by atoms with van der Waals surface area (Å²) in [5.41, 5.74) is 0. The molecule has 60 valence electrons. The minimum absolute atomic E-state index is 0.782. The van der Waals surface area contributed by atoms with E-state index in [-0.39, 0.29) is 0 Å². The number of carbonyl (C=O) groups excluding carboxylic acids is 1. The lowest BCUT2D eigenvalue weighted by atomic mass is 10.5. The fourth-order valence-electron chi connectivity index (χ4n) is 0.540. The fourth-order valence-corrected chi connectivity index (χ4v) is 0.782. The van der Waals surface area contributed by atoms with E-state index in [1.165, 1.54) is 0 Å². The molecule has 0 saturated carbocycles. The fraction of sp³-hybridized carbons (Fsp3) is 0.833. The van der Waals surface area contributed by atoms with Gasteiger partial charge in [-0.05, 0) is 13.0 Å². The van der Waals surface area contributed by atoms with E-state index in [1.54, 1.807) is 3.11 Å². The molecule has 0 fully saturated rings. The molecule has 0 rings (SSSR count). The van der Waals surface area contributed by atoms with Gasteiger partial charge >= 0.3 is 0 Å². The number of hydrogen-bond donors (Lipinski definition) is 1. The number of amides is 1. The highest BCUT2D eigenvalue weighted by Crippen LogP contribution is 1.89. The van der Waals surface area contributed by atoms with Crippen molar-refractivity contribution in [1.29, 1.82) is 0 Å². The average Bonchev–Trinajstić information content (AvgIpc) is 1.98. The Balaban J connectivity index is 2.95. The lowest BCUT2D eigenvalue weighted by Gasteiger charge is -2.07. The van der Waals surface area contributed by atoms with Crippen molar-refractivity contribution < 1.29 is 4.79 Å². The Kier molecular flexibility index (Phi) is 7.39. The summed E-state index contributed by atoms with van der Waals surface area (Å²) in [6.45, 7) is 4.82. The van der Waals surface area contributed by atoms with Gasteiger partial charge in [-0.15, -0.1) is 0 Å². The van der Waals surface area contributed by atoms with Crippen LogP contribution in [0.3, 0.4) is 0 Å². The first-order valence-electron chi connectivity index (χ1n) is 3.39. The molecule has 0 spiro atoms. The standard InChI is InChI=1S/C6H13IN2O/c1-2-3-8-4-5-9(7)6-10/h6,8H,2-5H2,1H3. The normalized spacial score (nSPS) is 9.40. The Bertz CT molecular complexity index is 89.8. The van der Waals surface area contributed by atoms with Crippen LogP contribution in [-0.2, 0) is 4.79 Å². The molecular formula is C6H13IN2O. The summed E-state index contributed by atoms with van der Waals surface area (Å²) < 4.78 is 1.60. The Morgan fingerprint density at radius 3 is 2.80 bits per heavy atom. The van der Waals surface area contributed by atoms with Crippen LogP contribution in [0.2, 0.25) is 0 Å². The molecule has 0 bridgehead atoms. The number of carbonyl (C=O) groups is 1. The summed E-state index contributed by atoms with van der Waals surface area (Å²) in [6, 6.07) is 0. The van der Waals surface area contributed by atoms with Crippen molar-refractivity contribution in [2.45, 2.75) is 13.3 Å². The molecule has 0 radical (unpaired) electrons. The molecular weight excluding hydrogens is 243 g/mol. The Labute approximate surface area is 75.7 Å². The van der Waals surface area contributed by atoms with Crippen molar-refractivity contribution in [2.24, 2.45) is 0 Å².